The number of carboxylic acid groups (broad SMARTS) is 1. The Labute approximate surface area is 115 Å². The predicted molar refractivity (Wildman–Crippen MR) is 72.7 cm³/mol. The maximum Gasteiger partial charge on any atom is 0.326 e. The molecule has 1 amide bonds. The van der Waals surface area contributed by atoms with Crippen LogP contribution in [0.5, 0.6) is 0 Å². The van der Waals surface area contributed by atoms with Crippen molar-refractivity contribution >= 4 is 11.9 Å². The summed E-state index contributed by atoms with van der Waals surface area (Å²) in [5.41, 5.74) is 0. The van der Waals surface area contributed by atoms with Gasteiger partial charge in [-0.15, -0.1) is 0 Å². The van der Waals surface area contributed by atoms with Gasteiger partial charge in [0.1, 0.15) is 6.04 Å². The van der Waals surface area contributed by atoms with Crippen LogP contribution in [0, 0.1) is 11.8 Å². The lowest BCUT2D eigenvalue weighted by Gasteiger charge is -2.30. The van der Waals surface area contributed by atoms with Crippen LogP contribution in [-0.4, -0.2) is 23.0 Å². The fourth-order valence-electron chi connectivity index (χ4n) is 3.48. The molecule has 0 aromatic carbocycles. The molecule has 0 bridgehead atoms. The summed E-state index contributed by atoms with van der Waals surface area (Å²) in [7, 11) is 0. The van der Waals surface area contributed by atoms with E-state index in [1.165, 1.54) is 12.8 Å². The number of rotatable bonds is 4. The van der Waals surface area contributed by atoms with Gasteiger partial charge in [-0.1, -0.05) is 38.5 Å². The third kappa shape index (κ3) is 3.95. The zero-order valence-corrected chi connectivity index (χ0v) is 11.6. The molecule has 4 nitrogen and oxygen atoms in total. The minimum Gasteiger partial charge on any atom is -0.480 e. The Hall–Kier alpha value is -1.06. The molecule has 2 aliphatic rings. The van der Waals surface area contributed by atoms with Gasteiger partial charge in [-0.3, -0.25) is 4.79 Å². The molecule has 2 fully saturated rings. The molecule has 108 valence electrons. The van der Waals surface area contributed by atoms with Crippen molar-refractivity contribution in [1.82, 2.24) is 5.32 Å². The minimum atomic E-state index is -0.865. The Morgan fingerprint density at radius 1 is 0.895 bits per heavy atom. The van der Waals surface area contributed by atoms with E-state index in [0.717, 1.165) is 51.4 Å². The second-order valence-electron chi connectivity index (χ2n) is 6.06. The molecular weight excluding hydrogens is 242 g/mol. The third-order valence-electron chi connectivity index (χ3n) is 4.66. The highest BCUT2D eigenvalue weighted by Crippen LogP contribution is 2.28. The fraction of sp³-hybridized carbons (Fsp3) is 0.867. The summed E-state index contributed by atoms with van der Waals surface area (Å²) >= 11 is 0. The maximum absolute atomic E-state index is 12.2. The van der Waals surface area contributed by atoms with Crippen LogP contribution in [0.2, 0.25) is 0 Å². The average molecular weight is 267 g/mol. The van der Waals surface area contributed by atoms with E-state index in [4.69, 9.17) is 0 Å². The Morgan fingerprint density at radius 3 is 1.95 bits per heavy atom. The van der Waals surface area contributed by atoms with Crippen molar-refractivity contribution in [2.45, 2.75) is 70.3 Å². The van der Waals surface area contributed by atoms with E-state index >= 15 is 0 Å². The molecule has 2 N–H and O–H groups in total. The summed E-state index contributed by atoms with van der Waals surface area (Å²) in [5.74, 6) is -0.730. The molecule has 0 spiro atoms. The van der Waals surface area contributed by atoms with Crippen LogP contribution in [0.15, 0.2) is 0 Å². The summed E-state index contributed by atoms with van der Waals surface area (Å²) in [4.78, 5) is 23.6. The number of nitrogens with one attached hydrogen (secondary N) is 1. The molecule has 2 aliphatic carbocycles. The fourth-order valence-corrected chi connectivity index (χ4v) is 3.48. The molecule has 2 rings (SSSR count). The maximum atomic E-state index is 12.2. The molecule has 0 aromatic rings. The predicted octanol–water partition coefficient (Wildman–Crippen LogP) is 2.72. The smallest absolute Gasteiger partial charge is 0.326 e. The molecule has 2 saturated carbocycles. The van der Waals surface area contributed by atoms with E-state index in [2.05, 4.69) is 5.32 Å². The number of aliphatic carboxylic acids is 1. The normalized spacial score (nSPS) is 23.8. The first-order valence-electron chi connectivity index (χ1n) is 7.71. The van der Waals surface area contributed by atoms with Crippen LogP contribution in [-0.2, 0) is 9.59 Å². The van der Waals surface area contributed by atoms with E-state index in [0.29, 0.717) is 0 Å². The number of hydrogen-bond donors (Lipinski definition) is 2. The SMILES string of the molecule is O=C(NC(C(=O)O)C1CCCCC1)C1CCCCC1. The van der Waals surface area contributed by atoms with Crippen molar-refractivity contribution in [1.29, 1.82) is 0 Å². The van der Waals surface area contributed by atoms with Crippen molar-refractivity contribution in [2.75, 3.05) is 0 Å². The number of carboxylic acids is 1. The van der Waals surface area contributed by atoms with Crippen LogP contribution in [0.1, 0.15) is 64.2 Å². The summed E-state index contributed by atoms with van der Waals surface area (Å²) in [5, 5.41) is 12.2. The quantitative estimate of drug-likeness (QED) is 0.823. The minimum absolute atomic E-state index is 0.0299. The molecule has 0 saturated heterocycles. The van der Waals surface area contributed by atoms with Crippen molar-refractivity contribution in [2.24, 2.45) is 11.8 Å². The second kappa shape index (κ2) is 6.92. The topological polar surface area (TPSA) is 66.4 Å². The van der Waals surface area contributed by atoms with Gasteiger partial charge in [0.05, 0.1) is 0 Å². The summed E-state index contributed by atoms with van der Waals surface area (Å²) in [6.45, 7) is 0. The van der Waals surface area contributed by atoms with Crippen LogP contribution >= 0.6 is 0 Å². The van der Waals surface area contributed by atoms with Crippen LogP contribution in [0.25, 0.3) is 0 Å². The Balaban J connectivity index is 1.91. The highest BCUT2D eigenvalue weighted by atomic mass is 16.4. The highest BCUT2D eigenvalue weighted by molar-refractivity contribution is 5.85. The van der Waals surface area contributed by atoms with Gasteiger partial charge in [-0.25, -0.2) is 4.79 Å². The van der Waals surface area contributed by atoms with Crippen LogP contribution in [0.3, 0.4) is 0 Å². The summed E-state index contributed by atoms with van der Waals surface area (Å²) in [6.07, 6.45) is 10.5. The lowest BCUT2D eigenvalue weighted by molar-refractivity contribution is -0.144. The Morgan fingerprint density at radius 2 is 1.42 bits per heavy atom. The Bertz CT molecular complexity index is 317. The number of carbonyl (C=O) groups excluding carboxylic acids is 1. The van der Waals surface area contributed by atoms with Gasteiger partial charge in [-0.2, -0.15) is 0 Å². The molecule has 19 heavy (non-hydrogen) atoms. The molecule has 0 radical (unpaired) electrons. The van der Waals surface area contributed by atoms with Gasteiger partial charge in [0, 0.05) is 5.92 Å². The molecule has 1 unspecified atom stereocenters. The first-order valence-corrected chi connectivity index (χ1v) is 7.71. The highest BCUT2D eigenvalue weighted by Gasteiger charge is 2.32. The van der Waals surface area contributed by atoms with Gasteiger partial charge in [-0.05, 0) is 31.6 Å². The van der Waals surface area contributed by atoms with E-state index in [1.54, 1.807) is 0 Å². The summed E-state index contributed by atoms with van der Waals surface area (Å²) in [6, 6.07) is -0.672. The molecule has 0 aliphatic heterocycles. The molecular formula is C15H25NO3. The average Bonchev–Trinajstić information content (AvgIpc) is 2.46. The number of carbonyl (C=O) groups is 2. The number of hydrogen-bond acceptors (Lipinski definition) is 2. The van der Waals surface area contributed by atoms with E-state index in [9.17, 15) is 14.7 Å². The lowest BCUT2D eigenvalue weighted by atomic mass is 9.83. The van der Waals surface area contributed by atoms with Gasteiger partial charge in [0.2, 0.25) is 5.91 Å². The van der Waals surface area contributed by atoms with Gasteiger partial charge >= 0.3 is 5.97 Å². The van der Waals surface area contributed by atoms with Crippen molar-refractivity contribution in [3.05, 3.63) is 0 Å². The Kier molecular flexibility index (Phi) is 5.23. The van der Waals surface area contributed by atoms with E-state index in [1.807, 2.05) is 0 Å². The van der Waals surface area contributed by atoms with Crippen molar-refractivity contribution in [3.63, 3.8) is 0 Å². The largest absolute Gasteiger partial charge is 0.480 e. The molecule has 0 heterocycles. The first-order chi connectivity index (χ1) is 9.18. The zero-order chi connectivity index (χ0) is 13.7. The van der Waals surface area contributed by atoms with Gasteiger partial charge < -0.3 is 10.4 Å². The standard InChI is InChI=1S/C15H25NO3/c17-14(12-9-5-2-6-10-12)16-13(15(18)19)11-7-3-1-4-8-11/h11-13H,1-10H2,(H,16,17)(H,18,19). The van der Waals surface area contributed by atoms with Crippen molar-refractivity contribution in [3.8, 4) is 0 Å². The monoisotopic (exact) mass is 267 g/mol. The third-order valence-corrected chi connectivity index (χ3v) is 4.66. The molecule has 4 heteroatoms. The zero-order valence-electron chi connectivity index (χ0n) is 11.6. The van der Waals surface area contributed by atoms with Crippen molar-refractivity contribution < 1.29 is 14.7 Å². The van der Waals surface area contributed by atoms with Crippen LogP contribution < -0.4 is 5.32 Å². The van der Waals surface area contributed by atoms with E-state index in [-0.39, 0.29) is 17.7 Å². The lowest BCUT2D eigenvalue weighted by Crippen LogP contribution is -2.48. The van der Waals surface area contributed by atoms with Gasteiger partial charge in [0.15, 0.2) is 0 Å². The number of amides is 1. The first kappa shape index (κ1) is 14.4. The summed E-state index contributed by atoms with van der Waals surface area (Å²) < 4.78 is 0. The molecule has 1 atom stereocenters. The van der Waals surface area contributed by atoms with Gasteiger partial charge in [0.25, 0.3) is 0 Å². The van der Waals surface area contributed by atoms with Crippen LogP contribution in [0.4, 0.5) is 0 Å². The second-order valence-corrected chi connectivity index (χ2v) is 6.06. The molecule has 0 aromatic heterocycles. The van der Waals surface area contributed by atoms with E-state index < -0.39 is 12.0 Å².